The fraction of sp³-hybridized carbons (Fsp3) is 0.667. The van der Waals surface area contributed by atoms with Gasteiger partial charge in [0.05, 0.1) is 25.8 Å². The van der Waals surface area contributed by atoms with Crippen LogP contribution in [0.15, 0.2) is 6.33 Å². The van der Waals surface area contributed by atoms with Gasteiger partial charge in [-0.15, -0.1) is 0 Å². The molecular weight excluding hydrogens is 482 g/mol. The first-order valence-corrected chi connectivity index (χ1v) is 12.1. The van der Waals surface area contributed by atoms with Gasteiger partial charge in [0.15, 0.2) is 28.9 Å². The van der Waals surface area contributed by atoms with Crippen LogP contribution < -0.4 is 5.73 Å². The molecule has 4 heterocycles. The van der Waals surface area contributed by atoms with Crippen molar-refractivity contribution in [2.24, 2.45) is 0 Å². The number of esters is 1. The maximum absolute atomic E-state index is 11.9. The fourth-order valence-electron chi connectivity index (χ4n) is 3.44. The normalized spacial score (nSPS) is 26.4. The van der Waals surface area contributed by atoms with Crippen LogP contribution in [0.25, 0.3) is 11.2 Å². The smallest absolute Gasteiger partial charge is 0.302 e. The summed E-state index contributed by atoms with van der Waals surface area (Å²) in [4.78, 5) is 22.0. The maximum Gasteiger partial charge on any atom is 0.302 e. The van der Waals surface area contributed by atoms with E-state index in [1.165, 1.54) is 17.8 Å². The summed E-state index contributed by atoms with van der Waals surface area (Å²) in [5.74, 6) is -1.17. The van der Waals surface area contributed by atoms with Crippen molar-refractivity contribution < 1.29 is 36.3 Å². The fourth-order valence-corrected chi connectivity index (χ4v) is 4.27. The van der Waals surface area contributed by atoms with Gasteiger partial charge in [-0.25, -0.2) is 4.98 Å². The van der Waals surface area contributed by atoms with Crippen molar-refractivity contribution in [3.05, 3.63) is 11.5 Å². The molecule has 0 aliphatic carbocycles. The lowest BCUT2D eigenvalue weighted by atomic mass is 10.1. The molecule has 4 unspecified atom stereocenters. The lowest BCUT2D eigenvalue weighted by Gasteiger charge is -2.38. The minimum Gasteiger partial charge on any atom is -0.466 e. The van der Waals surface area contributed by atoms with E-state index in [9.17, 15) is 13.2 Å². The van der Waals surface area contributed by atoms with Gasteiger partial charge in [0, 0.05) is 6.92 Å². The topological polar surface area (TPSA) is 167 Å². The minimum absolute atomic E-state index is 0.0500. The Balaban J connectivity index is 0.000000454. The average molecular weight is 508 g/mol. The number of anilines is 1. The number of carbonyl (C=O) groups is 1. The van der Waals surface area contributed by atoms with Crippen molar-refractivity contribution in [2.75, 3.05) is 25.2 Å². The SMILES string of the molecule is CC1(C)OCC2OC(n3cnc4c(Cl)nc(N)nc43)C(OS(C)(=O)=O)C2O1.CCOC(C)=O. The highest BCUT2D eigenvalue weighted by molar-refractivity contribution is 7.86. The van der Waals surface area contributed by atoms with Crippen LogP contribution in [0.3, 0.4) is 0 Å². The summed E-state index contributed by atoms with van der Waals surface area (Å²) in [6.07, 6.45) is -0.729. The van der Waals surface area contributed by atoms with Crippen molar-refractivity contribution >= 4 is 44.8 Å². The van der Waals surface area contributed by atoms with Crippen molar-refractivity contribution in [3.63, 3.8) is 0 Å². The van der Waals surface area contributed by atoms with Crippen LogP contribution in [0.5, 0.6) is 0 Å². The highest BCUT2D eigenvalue weighted by atomic mass is 35.5. The third kappa shape index (κ3) is 6.07. The first-order chi connectivity index (χ1) is 15.3. The van der Waals surface area contributed by atoms with E-state index in [4.69, 9.17) is 35.7 Å². The number of rotatable bonds is 4. The molecule has 33 heavy (non-hydrogen) atoms. The number of carbonyl (C=O) groups excluding carboxylic acids is 1. The highest BCUT2D eigenvalue weighted by Gasteiger charge is 2.54. The summed E-state index contributed by atoms with van der Waals surface area (Å²) in [6, 6.07) is 0. The Bertz CT molecular complexity index is 1120. The lowest BCUT2D eigenvalue weighted by molar-refractivity contribution is -0.299. The molecule has 2 aliphatic heterocycles. The molecule has 0 aromatic carbocycles. The molecule has 0 saturated carbocycles. The van der Waals surface area contributed by atoms with E-state index < -0.39 is 40.4 Å². The second-order valence-corrected chi connectivity index (χ2v) is 9.70. The highest BCUT2D eigenvalue weighted by Crippen LogP contribution is 2.41. The first kappa shape index (κ1) is 25.5. The minimum atomic E-state index is -3.81. The summed E-state index contributed by atoms with van der Waals surface area (Å²) >= 11 is 6.06. The number of nitrogen functional groups attached to an aromatic ring is 1. The molecule has 0 spiro atoms. The van der Waals surface area contributed by atoms with E-state index in [1.807, 2.05) is 0 Å². The molecule has 2 N–H and O–H groups in total. The summed E-state index contributed by atoms with van der Waals surface area (Å²) in [7, 11) is -3.81. The molecule has 2 fully saturated rings. The predicted molar refractivity (Wildman–Crippen MR) is 116 cm³/mol. The second kappa shape index (κ2) is 9.64. The molecule has 184 valence electrons. The van der Waals surface area contributed by atoms with Gasteiger partial charge < -0.3 is 24.7 Å². The molecular formula is C18H26ClN5O8S. The second-order valence-electron chi connectivity index (χ2n) is 7.74. The van der Waals surface area contributed by atoms with Crippen molar-refractivity contribution in [1.82, 2.24) is 19.5 Å². The van der Waals surface area contributed by atoms with Crippen LogP contribution in [0.1, 0.15) is 33.9 Å². The molecule has 13 nitrogen and oxygen atoms in total. The molecule has 0 bridgehead atoms. The molecule has 4 rings (SSSR count). The Labute approximate surface area is 195 Å². The van der Waals surface area contributed by atoms with Gasteiger partial charge in [0.1, 0.15) is 17.7 Å². The van der Waals surface area contributed by atoms with Crippen LogP contribution in [-0.4, -0.2) is 77.5 Å². The Hall–Kier alpha value is -2.10. The van der Waals surface area contributed by atoms with E-state index in [2.05, 4.69) is 19.7 Å². The number of nitrogens with two attached hydrogens (primary N) is 1. The van der Waals surface area contributed by atoms with Crippen molar-refractivity contribution in [3.8, 4) is 0 Å². The van der Waals surface area contributed by atoms with Crippen molar-refractivity contribution in [2.45, 2.75) is 58.0 Å². The number of hydrogen-bond acceptors (Lipinski definition) is 12. The monoisotopic (exact) mass is 507 g/mol. The lowest BCUT2D eigenvalue weighted by Crippen LogP contribution is -2.50. The average Bonchev–Trinajstić information content (AvgIpc) is 3.22. The van der Waals surface area contributed by atoms with Crippen LogP contribution in [-0.2, 0) is 38.0 Å². The Morgan fingerprint density at radius 2 is 2.09 bits per heavy atom. The number of halogens is 1. The zero-order chi connectivity index (χ0) is 24.6. The molecule has 2 aromatic heterocycles. The summed E-state index contributed by atoms with van der Waals surface area (Å²) in [5, 5.41) is 0.0768. The van der Waals surface area contributed by atoms with Crippen LogP contribution in [0.2, 0.25) is 5.15 Å². The van der Waals surface area contributed by atoms with Crippen LogP contribution in [0.4, 0.5) is 5.95 Å². The number of fused-ring (bicyclic) bond motifs is 2. The Morgan fingerprint density at radius 3 is 2.67 bits per heavy atom. The summed E-state index contributed by atoms with van der Waals surface area (Å²) < 4.78 is 52.4. The van der Waals surface area contributed by atoms with E-state index in [0.29, 0.717) is 17.8 Å². The van der Waals surface area contributed by atoms with E-state index >= 15 is 0 Å². The van der Waals surface area contributed by atoms with Gasteiger partial charge >= 0.3 is 5.97 Å². The van der Waals surface area contributed by atoms with Gasteiger partial charge in [-0.05, 0) is 20.8 Å². The van der Waals surface area contributed by atoms with Gasteiger partial charge in [-0.1, -0.05) is 11.6 Å². The largest absolute Gasteiger partial charge is 0.466 e. The van der Waals surface area contributed by atoms with Gasteiger partial charge in [-0.2, -0.15) is 18.4 Å². The van der Waals surface area contributed by atoms with Gasteiger partial charge in [0.2, 0.25) is 5.95 Å². The van der Waals surface area contributed by atoms with Gasteiger partial charge in [-0.3, -0.25) is 13.5 Å². The number of hydrogen-bond donors (Lipinski definition) is 1. The zero-order valence-electron chi connectivity index (χ0n) is 18.7. The van der Waals surface area contributed by atoms with Crippen LogP contribution >= 0.6 is 11.6 Å². The molecule has 15 heteroatoms. The molecule has 2 saturated heterocycles. The molecule has 2 aromatic rings. The number of aromatic nitrogens is 4. The maximum atomic E-state index is 11.9. The number of ether oxygens (including phenoxy) is 4. The third-order valence-electron chi connectivity index (χ3n) is 4.60. The zero-order valence-corrected chi connectivity index (χ0v) is 20.3. The predicted octanol–water partition coefficient (Wildman–Crippen LogP) is 1.02. The van der Waals surface area contributed by atoms with Gasteiger partial charge in [0.25, 0.3) is 10.1 Å². The van der Waals surface area contributed by atoms with E-state index in [0.717, 1.165) is 6.26 Å². The summed E-state index contributed by atoms with van der Waals surface area (Å²) in [5.41, 5.74) is 6.28. The quantitative estimate of drug-likeness (QED) is 0.355. The Kier molecular flexibility index (Phi) is 7.45. The third-order valence-corrected chi connectivity index (χ3v) is 5.44. The van der Waals surface area contributed by atoms with E-state index in [-0.39, 0.29) is 23.7 Å². The molecule has 0 amide bonds. The van der Waals surface area contributed by atoms with E-state index in [1.54, 1.807) is 20.8 Å². The first-order valence-electron chi connectivity index (χ1n) is 9.95. The standard InChI is InChI=1S/C14H18ClN5O6S.C4H8O2/c1-14(2)23-4-6-8(25-14)9(26-27(3,21)22)12(24-6)20-5-17-7-10(15)18-13(16)19-11(7)20;1-3-6-4(2)5/h5-6,8-9,12H,4H2,1-3H3,(H2,16,18,19);3H2,1-2H3. The van der Waals surface area contributed by atoms with Crippen LogP contribution in [0, 0.1) is 0 Å². The molecule has 2 aliphatic rings. The number of imidazole rings is 1. The van der Waals surface area contributed by atoms with Crippen molar-refractivity contribution in [1.29, 1.82) is 0 Å². The molecule has 0 radical (unpaired) electrons. The Morgan fingerprint density at radius 1 is 1.39 bits per heavy atom. The number of nitrogens with zero attached hydrogens (tertiary/aromatic N) is 4. The molecule has 4 atom stereocenters. The summed E-state index contributed by atoms with van der Waals surface area (Å²) in [6.45, 7) is 7.32.